The van der Waals surface area contributed by atoms with E-state index in [9.17, 15) is 8.42 Å². The smallest absolute Gasteiger partial charge is 0.241 e. The molecule has 0 spiro atoms. The van der Waals surface area contributed by atoms with Crippen molar-refractivity contribution in [1.82, 2.24) is 4.72 Å². The van der Waals surface area contributed by atoms with E-state index in [-0.39, 0.29) is 24.5 Å². The number of hydrogen-bond acceptors (Lipinski definition) is 4. The first kappa shape index (κ1) is 19.2. The Morgan fingerprint density at radius 3 is 2.27 bits per heavy atom. The van der Waals surface area contributed by atoms with Crippen molar-refractivity contribution in [2.24, 2.45) is 5.73 Å². The van der Waals surface area contributed by atoms with E-state index in [0.29, 0.717) is 16.2 Å². The topological polar surface area (TPSA) is 81.4 Å². The van der Waals surface area contributed by atoms with Crippen LogP contribution in [0.25, 0.3) is 0 Å². The van der Waals surface area contributed by atoms with Crippen LogP contribution < -0.4 is 15.2 Å². The van der Waals surface area contributed by atoms with Crippen molar-refractivity contribution in [2.75, 3.05) is 7.11 Å². The lowest BCUT2D eigenvalue weighted by molar-refractivity contribution is 0.373. The number of halogens is 1. The summed E-state index contributed by atoms with van der Waals surface area (Å²) in [5, 5.41) is 0. The lowest BCUT2D eigenvalue weighted by atomic mass is 9.93. The Balaban J connectivity index is 0.00000242. The number of methoxy groups -OCH3 is 1. The molecule has 0 unspecified atom stereocenters. The van der Waals surface area contributed by atoms with Crippen LogP contribution in [-0.2, 0) is 10.0 Å². The predicted octanol–water partition coefficient (Wildman–Crippen LogP) is 2.28. The molecule has 0 bridgehead atoms. The third-order valence-electron chi connectivity index (χ3n) is 4.08. The highest BCUT2D eigenvalue weighted by Gasteiger charge is 2.25. The van der Waals surface area contributed by atoms with Gasteiger partial charge in [0.05, 0.1) is 12.0 Å². The molecule has 22 heavy (non-hydrogen) atoms. The van der Waals surface area contributed by atoms with Crippen LogP contribution in [0.5, 0.6) is 5.75 Å². The Morgan fingerprint density at radius 2 is 1.73 bits per heavy atom. The summed E-state index contributed by atoms with van der Waals surface area (Å²) in [6, 6.07) is 3.62. The Labute approximate surface area is 139 Å². The maximum Gasteiger partial charge on any atom is 0.241 e. The molecule has 1 aromatic carbocycles. The number of hydrogen-bond donors (Lipinski definition) is 2. The molecule has 126 valence electrons. The normalized spacial score (nSPS) is 22.0. The van der Waals surface area contributed by atoms with E-state index >= 15 is 0 Å². The summed E-state index contributed by atoms with van der Waals surface area (Å²) in [6.45, 7) is 3.63. The number of ether oxygens (including phenoxy) is 1. The fourth-order valence-electron chi connectivity index (χ4n) is 2.79. The Hall–Kier alpha value is -0.820. The van der Waals surface area contributed by atoms with E-state index in [0.717, 1.165) is 31.2 Å². The van der Waals surface area contributed by atoms with Gasteiger partial charge < -0.3 is 10.5 Å². The number of rotatable bonds is 4. The van der Waals surface area contributed by atoms with Crippen LogP contribution in [0.1, 0.15) is 36.8 Å². The molecule has 1 aromatic rings. The fraction of sp³-hybridized carbons (Fsp3) is 0.600. The van der Waals surface area contributed by atoms with Crippen LogP contribution >= 0.6 is 12.4 Å². The summed E-state index contributed by atoms with van der Waals surface area (Å²) in [5.74, 6) is 0.704. The minimum atomic E-state index is -3.50. The molecule has 0 aliphatic heterocycles. The largest absolute Gasteiger partial charge is 0.496 e. The van der Waals surface area contributed by atoms with Crippen molar-refractivity contribution in [3.05, 3.63) is 23.3 Å². The number of sulfonamides is 1. The van der Waals surface area contributed by atoms with Crippen LogP contribution in [0, 0.1) is 13.8 Å². The molecular weight excluding hydrogens is 324 g/mol. The van der Waals surface area contributed by atoms with Crippen LogP contribution in [0.15, 0.2) is 17.0 Å². The highest BCUT2D eigenvalue weighted by atomic mass is 35.5. The summed E-state index contributed by atoms with van der Waals surface area (Å²) in [5.41, 5.74) is 7.36. The van der Waals surface area contributed by atoms with Crippen LogP contribution in [0.4, 0.5) is 0 Å². The van der Waals surface area contributed by atoms with Gasteiger partial charge in [-0.25, -0.2) is 13.1 Å². The van der Waals surface area contributed by atoms with Gasteiger partial charge in [-0.3, -0.25) is 0 Å². The summed E-state index contributed by atoms with van der Waals surface area (Å²) in [7, 11) is -1.92. The standard InChI is InChI=1S/C15H24N2O3S.ClH/c1-10-9-15(11(2)8-14(10)20-3)21(18,19)17-13-6-4-12(16)5-7-13;/h8-9,12-13,17H,4-7,16H2,1-3H3;1H. The zero-order valence-corrected chi connectivity index (χ0v) is 14.9. The minimum Gasteiger partial charge on any atom is -0.496 e. The molecule has 0 saturated heterocycles. The van der Waals surface area contributed by atoms with Gasteiger partial charge in [-0.1, -0.05) is 0 Å². The maximum atomic E-state index is 12.6. The van der Waals surface area contributed by atoms with Gasteiger partial charge in [0.15, 0.2) is 0 Å². The van der Waals surface area contributed by atoms with E-state index in [1.165, 1.54) is 0 Å². The van der Waals surface area contributed by atoms with Gasteiger partial charge in [0.25, 0.3) is 0 Å². The molecule has 0 heterocycles. The van der Waals surface area contributed by atoms with Crippen LogP contribution in [0.2, 0.25) is 0 Å². The Morgan fingerprint density at radius 1 is 1.14 bits per heavy atom. The highest BCUT2D eigenvalue weighted by Crippen LogP contribution is 2.26. The molecule has 1 aliphatic carbocycles. The quantitative estimate of drug-likeness (QED) is 0.874. The minimum absolute atomic E-state index is 0. The van der Waals surface area contributed by atoms with E-state index in [4.69, 9.17) is 10.5 Å². The Kier molecular flexibility index (Phi) is 6.67. The van der Waals surface area contributed by atoms with E-state index in [1.807, 2.05) is 6.92 Å². The fourth-order valence-corrected chi connectivity index (χ4v) is 4.41. The molecule has 1 saturated carbocycles. The number of nitrogens with two attached hydrogens (primary N) is 1. The highest BCUT2D eigenvalue weighted by molar-refractivity contribution is 7.89. The van der Waals surface area contributed by atoms with Gasteiger partial charge in [-0.15, -0.1) is 12.4 Å². The predicted molar refractivity (Wildman–Crippen MR) is 90.3 cm³/mol. The van der Waals surface area contributed by atoms with Crippen LogP contribution in [0.3, 0.4) is 0 Å². The second-order valence-corrected chi connectivity index (χ2v) is 7.50. The molecule has 0 radical (unpaired) electrons. The van der Waals surface area contributed by atoms with Crippen molar-refractivity contribution in [2.45, 2.75) is 56.5 Å². The number of benzene rings is 1. The molecule has 7 heteroatoms. The molecule has 5 nitrogen and oxygen atoms in total. The lowest BCUT2D eigenvalue weighted by Gasteiger charge is -2.27. The number of aryl methyl sites for hydroxylation is 2. The molecular formula is C15H25ClN2O3S. The van der Waals surface area contributed by atoms with Gasteiger partial charge in [0.2, 0.25) is 10.0 Å². The van der Waals surface area contributed by atoms with Gasteiger partial charge in [-0.05, 0) is 62.8 Å². The average Bonchev–Trinajstić information content (AvgIpc) is 2.43. The number of nitrogens with one attached hydrogen (secondary N) is 1. The lowest BCUT2D eigenvalue weighted by Crippen LogP contribution is -2.40. The second-order valence-electron chi connectivity index (χ2n) is 5.82. The summed E-state index contributed by atoms with van der Waals surface area (Å²) < 4.78 is 33.2. The molecule has 1 aliphatic rings. The van der Waals surface area contributed by atoms with Crippen molar-refractivity contribution in [1.29, 1.82) is 0 Å². The molecule has 2 rings (SSSR count). The van der Waals surface area contributed by atoms with Crippen LogP contribution in [-0.4, -0.2) is 27.6 Å². The van der Waals surface area contributed by atoms with E-state index < -0.39 is 10.0 Å². The van der Waals surface area contributed by atoms with Gasteiger partial charge in [-0.2, -0.15) is 0 Å². The maximum absolute atomic E-state index is 12.6. The first-order valence-electron chi connectivity index (χ1n) is 7.26. The summed E-state index contributed by atoms with van der Waals surface area (Å²) in [6.07, 6.45) is 3.34. The van der Waals surface area contributed by atoms with Crippen molar-refractivity contribution in [3.63, 3.8) is 0 Å². The van der Waals surface area contributed by atoms with Crippen molar-refractivity contribution < 1.29 is 13.2 Å². The summed E-state index contributed by atoms with van der Waals surface area (Å²) in [4.78, 5) is 0.329. The summed E-state index contributed by atoms with van der Waals surface area (Å²) >= 11 is 0. The third kappa shape index (κ3) is 4.35. The second kappa shape index (κ2) is 7.64. The SMILES string of the molecule is COc1cc(C)c(S(=O)(=O)NC2CCC(N)CC2)cc1C.Cl. The monoisotopic (exact) mass is 348 g/mol. The van der Waals surface area contributed by atoms with Gasteiger partial charge in [0, 0.05) is 12.1 Å². The zero-order valence-electron chi connectivity index (χ0n) is 13.3. The van der Waals surface area contributed by atoms with E-state index in [1.54, 1.807) is 26.2 Å². The zero-order chi connectivity index (χ0) is 15.6. The molecule has 1 fully saturated rings. The molecule has 0 amide bonds. The molecule has 0 aromatic heterocycles. The van der Waals surface area contributed by atoms with Gasteiger partial charge in [0.1, 0.15) is 5.75 Å². The van der Waals surface area contributed by atoms with E-state index in [2.05, 4.69) is 4.72 Å². The first-order chi connectivity index (χ1) is 9.83. The first-order valence-corrected chi connectivity index (χ1v) is 8.75. The third-order valence-corrected chi connectivity index (χ3v) is 5.74. The Bertz CT molecular complexity index is 611. The molecule has 3 N–H and O–H groups in total. The average molecular weight is 349 g/mol. The van der Waals surface area contributed by atoms with Crippen molar-refractivity contribution in [3.8, 4) is 5.75 Å². The molecule has 0 atom stereocenters. The van der Waals surface area contributed by atoms with Gasteiger partial charge >= 0.3 is 0 Å². The van der Waals surface area contributed by atoms with Crippen molar-refractivity contribution >= 4 is 22.4 Å².